The molecular formula is C22H23F2N3O2. The first kappa shape index (κ1) is 19.4. The number of nitrogens with one attached hydrogen (secondary N) is 1. The van der Waals surface area contributed by atoms with Gasteiger partial charge in [0.1, 0.15) is 17.5 Å². The van der Waals surface area contributed by atoms with Crippen molar-refractivity contribution < 1.29 is 19.8 Å². The Labute approximate surface area is 168 Å². The third kappa shape index (κ3) is 3.57. The number of rotatable bonds is 4. The molecule has 0 saturated heterocycles. The van der Waals surface area contributed by atoms with Gasteiger partial charge in [0.05, 0.1) is 5.52 Å². The molecule has 0 aromatic carbocycles. The summed E-state index contributed by atoms with van der Waals surface area (Å²) in [4.78, 5) is 32.3. The van der Waals surface area contributed by atoms with Gasteiger partial charge >= 0.3 is 0 Å². The number of nitrogens with zero attached hydrogens (tertiary/aromatic N) is 2. The molecule has 1 amide bonds. The Bertz CT molecular complexity index is 1110. The number of pyridine rings is 2. The number of Topliss-reactive ketones (excluding diaryl/α,β-unsaturated/α-hetero) is 1. The fourth-order valence-corrected chi connectivity index (χ4v) is 3.63. The molecule has 2 aliphatic rings. The molecule has 2 atom stereocenters. The van der Waals surface area contributed by atoms with Crippen LogP contribution in [0.5, 0.6) is 0 Å². The van der Waals surface area contributed by atoms with Crippen molar-refractivity contribution in [3.63, 3.8) is 0 Å². The summed E-state index contributed by atoms with van der Waals surface area (Å²) in [6, 6.07) is 3.51. The zero-order chi connectivity index (χ0) is 21.0. The maximum atomic E-state index is 13.0. The van der Waals surface area contributed by atoms with Gasteiger partial charge in [-0.2, -0.15) is 0 Å². The van der Waals surface area contributed by atoms with Crippen LogP contribution in [0.4, 0.5) is 14.6 Å². The van der Waals surface area contributed by atoms with Gasteiger partial charge in [0.25, 0.3) is 5.92 Å². The van der Waals surface area contributed by atoms with E-state index >= 15 is 0 Å². The zero-order valence-corrected chi connectivity index (χ0v) is 16.4. The maximum absolute atomic E-state index is 13.0. The summed E-state index contributed by atoms with van der Waals surface area (Å²) < 4.78 is 26.1. The molecule has 0 radical (unpaired) electrons. The smallest absolute Gasteiger partial charge is 0.260 e. The van der Waals surface area contributed by atoms with Crippen LogP contribution in [0.25, 0.3) is 16.5 Å². The van der Waals surface area contributed by atoms with Gasteiger partial charge in [-0.3, -0.25) is 14.6 Å². The topological polar surface area (TPSA) is 72.0 Å². The lowest BCUT2D eigenvalue weighted by Gasteiger charge is -2.27. The lowest BCUT2D eigenvalue weighted by molar-refractivity contribution is -0.123. The van der Waals surface area contributed by atoms with Crippen LogP contribution in [-0.4, -0.2) is 27.6 Å². The van der Waals surface area contributed by atoms with Gasteiger partial charge < -0.3 is 5.32 Å². The van der Waals surface area contributed by atoms with E-state index in [4.69, 9.17) is 0 Å². The van der Waals surface area contributed by atoms with Gasteiger partial charge in [-0.15, -0.1) is 0 Å². The Morgan fingerprint density at radius 3 is 2.59 bits per heavy atom. The van der Waals surface area contributed by atoms with Gasteiger partial charge in [0.15, 0.2) is 0 Å². The predicted molar refractivity (Wildman–Crippen MR) is 108 cm³/mol. The molecule has 5 nitrogen and oxygen atoms in total. The molecule has 1 unspecified atom stereocenters. The molecule has 1 saturated carbocycles. The minimum atomic E-state index is -2.91. The number of aromatic nitrogens is 2. The average molecular weight is 399 g/mol. The van der Waals surface area contributed by atoms with Crippen LogP contribution < -0.4 is 5.32 Å². The SMILES string of the molecule is CC(=O)C1(C)C=C(C)C(c2cnc3cc(NC(=O)[C@H]4CC4(F)F)ncc3c2)=CC1.[HH]. The normalized spacial score (nSPS) is 25.2. The van der Waals surface area contributed by atoms with Crippen LogP contribution in [0.3, 0.4) is 0 Å². The highest BCUT2D eigenvalue weighted by Crippen LogP contribution is 2.49. The van der Waals surface area contributed by atoms with Crippen LogP contribution in [0, 0.1) is 11.3 Å². The van der Waals surface area contributed by atoms with E-state index in [0.29, 0.717) is 11.9 Å². The first-order chi connectivity index (χ1) is 13.6. The Kier molecular flexibility index (Phi) is 4.37. The maximum Gasteiger partial charge on any atom is 0.260 e. The van der Waals surface area contributed by atoms with Crippen molar-refractivity contribution in [2.75, 3.05) is 5.32 Å². The van der Waals surface area contributed by atoms with Crippen LogP contribution in [0.15, 0.2) is 42.3 Å². The van der Waals surface area contributed by atoms with E-state index in [1.165, 1.54) is 0 Å². The monoisotopic (exact) mass is 399 g/mol. The minimum Gasteiger partial charge on any atom is -0.310 e. The fourth-order valence-electron chi connectivity index (χ4n) is 3.63. The van der Waals surface area contributed by atoms with Gasteiger partial charge in [-0.1, -0.05) is 12.2 Å². The number of anilines is 1. The number of alkyl halides is 2. The molecule has 1 fully saturated rings. The number of allylic oxidation sites excluding steroid dienone is 4. The molecule has 0 bridgehead atoms. The van der Waals surface area contributed by atoms with Crippen molar-refractivity contribution in [3.8, 4) is 0 Å². The molecule has 7 heteroatoms. The Morgan fingerprint density at radius 2 is 1.97 bits per heavy atom. The van der Waals surface area contributed by atoms with Crippen molar-refractivity contribution in [3.05, 3.63) is 47.8 Å². The summed E-state index contributed by atoms with van der Waals surface area (Å²) in [5, 5.41) is 3.20. The highest BCUT2D eigenvalue weighted by molar-refractivity contribution is 5.96. The van der Waals surface area contributed by atoms with E-state index in [-0.39, 0.29) is 13.0 Å². The van der Waals surface area contributed by atoms with Crippen LogP contribution in [0.2, 0.25) is 0 Å². The van der Waals surface area contributed by atoms with Crippen LogP contribution in [0.1, 0.15) is 40.6 Å². The van der Waals surface area contributed by atoms with E-state index in [1.54, 1.807) is 25.4 Å². The van der Waals surface area contributed by atoms with Gasteiger partial charge in [-0.25, -0.2) is 13.8 Å². The zero-order valence-electron chi connectivity index (χ0n) is 16.4. The summed E-state index contributed by atoms with van der Waals surface area (Å²) in [6.07, 6.45) is 7.55. The summed E-state index contributed by atoms with van der Waals surface area (Å²) in [5.74, 6) is -4.57. The third-order valence-corrected chi connectivity index (χ3v) is 5.76. The molecule has 2 aliphatic carbocycles. The van der Waals surface area contributed by atoms with Gasteiger partial charge in [0, 0.05) is 42.7 Å². The molecule has 2 aromatic heterocycles. The second kappa shape index (κ2) is 6.54. The molecule has 4 rings (SSSR count). The second-order valence-corrected chi connectivity index (χ2v) is 8.12. The van der Waals surface area contributed by atoms with Crippen molar-refractivity contribution in [2.24, 2.45) is 11.3 Å². The van der Waals surface area contributed by atoms with Gasteiger partial charge in [0.2, 0.25) is 5.91 Å². The predicted octanol–water partition coefficient (Wildman–Crippen LogP) is 4.80. The molecule has 152 valence electrons. The van der Waals surface area contributed by atoms with Crippen molar-refractivity contribution in [2.45, 2.75) is 39.5 Å². The Morgan fingerprint density at radius 1 is 1.24 bits per heavy atom. The minimum absolute atomic E-state index is 0. The quantitative estimate of drug-likeness (QED) is 0.802. The highest BCUT2D eigenvalue weighted by Gasteiger charge is 2.61. The molecule has 2 aromatic rings. The van der Waals surface area contributed by atoms with Crippen molar-refractivity contribution in [1.82, 2.24) is 9.97 Å². The van der Waals surface area contributed by atoms with Crippen molar-refractivity contribution >= 4 is 34.0 Å². The standard InChI is InChI=1S/C22H21F2N3O2.H2/c1-12-8-21(3,13(2)28)5-4-16(12)14-6-15-11-26-19(7-18(15)25-10-14)27-20(29)17-9-22(17,23)24;/h4,6-8,10-11,17H,5,9H2,1-3H3,(H,26,27,29);1H/t17-,21?;/m1./s1. The summed E-state index contributed by atoms with van der Waals surface area (Å²) >= 11 is 0. The first-order valence-corrected chi connectivity index (χ1v) is 9.45. The Hall–Kier alpha value is -2.96. The number of amides is 1. The number of ketones is 1. The number of halogens is 2. The number of carbonyl (C=O) groups excluding carboxylic acids is 2. The largest absolute Gasteiger partial charge is 0.310 e. The third-order valence-electron chi connectivity index (χ3n) is 5.76. The fraction of sp³-hybridized carbons (Fsp3) is 0.364. The Balaban J connectivity index is 0.00000256. The van der Waals surface area contributed by atoms with Crippen molar-refractivity contribution in [1.29, 1.82) is 0 Å². The lowest BCUT2D eigenvalue weighted by atomic mass is 9.75. The number of fused-ring (bicyclic) bond motifs is 1. The number of hydrogen-bond donors (Lipinski definition) is 1. The van der Waals surface area contributed by atoms with Crippen LogP contribution >= 0.6 is 0 Å². The molecular weight excluding hydrogens is 376 g/mol. The number of hydrogen-bond acceptors (Lipinski definition) is 4. The molecule has 2 heterocycles. The summed E-state index contributed by atoms with van der Waals surface area (Å²) in [6.45, 7) is 5.51. The van der Waals surface area contributed by atoms with E-state index in [2.05, 4.69) is 21.4 Å². The van der Waals surface area contributed by atoms with Crippen LogP contribution in [-0.2, 0) is 9.59 Å². The van der Waals surface area contributed by atoms with Gasteiger partial charge in [-0.05, 0) is 44.4 Å². The first-order valence-electron chi connectivity index (χ1n) is 9.45. The van der Waals surface area contributed by atoms with E-state index in [0.717, 1.165) is 22.1 Å². The van der Waals surface area contributed by atoms with E-state index in [9.17, 15) is 18.4 Å². The number of carbonyl (C=O) groups is 2. The molecule has 0 spiro atoms. The molecule has 29 heavy (non-hydrogen) atoms. The average Bonchev–Trinajstić information content (AvgIpc) is 3.30. The summed E-state index contributed by atoms with van der Waals surface area (Å²) in [7, 11) is 0. The molecule has 1 N–H and O–H groups in total. The molecule has 0 aliphatic heterocycles. The lowest BCUT2D eigenvalue weighted by Crippen LogP contribution is -2.24. The van der Waals surface area contributed by atoms with E-state index in [1.807, 2.05) is 26.0 Å². The second-order valence-electron chi connectivity index (χ2n) is 8.12. The summed E-state index contributed by atoms with van der Waals surface area (Å²) in [5.41, 5.74) is 3.07. The van der Waals surface area contributed by atoms with E-state index < -0.39 is 29.6 Å². The highest BCUT2D eigenvalue weighted by atomic mass is 19.3.